The first-order valence-corrected chi connectivity index (χ1v) is 6.58. The standard InChI is InChI=1S/C16H10ClNO3/c17-10-4-6-11(7-5-10)21-15-9-8-12-13(16(19)20)2-1-3-14(12)18-15/h1-9H,(H,19,20). The summed E-state index contributed by atoms with van der Waals surface area (Å²) in [5.41, 5.74) is 0.791. The van der Waals surface area contributed by atoms with Crippen LogP contribution >= 0.6 is 11.6 Å². The fourth-order valence-electron chi connectivity index (χ4n) is 2.00. The highest BCUT2D eigenvalue weighted by atomic mass is 35.5. The Morgan fingerprint density at radius 3 is 2.52 bits per heavy atom. The molecule has 0 spiro atoms. The Hall–Kier alpha value is -2.59. The van der Waals surface area contributed by atoms with Crippen LogP contribution in [0.2, 0.25) is 5.02 Å². The molecule has 104 valence electrons. The molecule has 2 aromatic carbocycles. The van der Waals surface area contributed by atoms with Gasteiger partial charge in [0.2, 0.25) is 5.88 Å². The van der Waals surface area contributed by atoms with Gasteiger partial charge in [-0.25, -0.2) is 9.78 Å². The lowest BCUT2D eigenvalue weighted by atomic mass is 10.1. The molecule has 0 aliphatic carbocycles. The third-order valence-corrected chi connectivity index (χ3v) is 3.22. The summed E-state index contributed by atoms with van der Waals surface area (Å²) in [6, 6.07) is 15.2. The third-order valence-electron chi connectivity index (χ3n) is 2.97. The molecule has 0 saturated carbocycles. The minimum absolute atomic E-state index is 0.220. The van der Waals surface area contributed by atoms with Gasteiger partial charge < -0.3 is 9.84 Å². The Bertz CT molecular complexity index is 815. The van der Waals surface area contributed by atoms with Crippen LogP contribution in [-0.4, -0.2) is 16.1 Å². The summed E-state index contributed by atoms with van der Waals surface area (Å²) in [5.74, 6) is 0.0294. The molecule has 0 bridgehead atoms. The number of nitrogens with zero attached hydrogens (tertiary/aromatic N) is 1. The van der Waals surface area contributed by atoms with Gasteiger partial charge in [0.05, 0.1) is 11.1 Å². The number of aromatic carboxylic acids is 1. The van der Waals surface area contributed by atoms with Crippen molar-refractivity contribution in [3.63, 3.8) is 0 Å². The predicted octanol–water partition coefficient (Wildman–Crippen LogP) is 4.38. The Kier molecular flexibility index (Phi) is 3.46. The van der Waals surface area contributed by atoms with E-state index in [-0.39, 0.29) is 5.56 Å². The van der Waals surface area contributed by atoms with Crippen LogP contribution in [0.25, 0.3) is 10.9 Å². The van der Waals surface area contributed by atoms with E-state index in [1.54, 1.807) is 54.6 Å². The molecule has 0 atom stereocenters. The van der Waals surface area contributed by atoms with Crippen LogP contribution in [0.3, 0.4) is 0 Å². The highest BCUT2D eigenvalue weighted by Crippen LogP contribution is 2.25. The number of carboxylic acid groups (broad SMARTS) is 1. The number of pyridine rings is 1. The molecule has 4 nitrogen and oxygen atoms in total. The average molecular weight is 300 g/mol. The average Bonchev–Trinajstić information content (AvgIpc) is 2.48. The molecule has 0 amide bonds. The van der Waals surface area contributed by atoms with Crippen LogP contribution in [0.5, 0.6) is 11.6 Å². The van der Waals surface area contributed by atoms with E-state index >= 15 is 0 Å². The molecule has 0 unspecified atom stereocenters. The van der Waals surface area contributed by atoms with Gasteiger partial charge in [0.25, 0.3) is 0 Å². The fraction of sp³-hybridized carbons (Fsp3) is 0. The number of carbonyl (C=O) groups is 1. The van der Waals surface area contributed by atoms with Gasteiger partial charge >= 0.3 is 5.97 Å². The van der Waals surface area contributed by atoms with Crippen LogP contribution in [0, 0.1) is 0 Å². The van der Waals surface area contributed by atoms with E-state index in [1.807, 2.05) is 0 Å². The Balaban J connectivity index is 1.98. The van der Waals surface area contributed by atoms with E-state index in [0.29, 0.717) is 27.6 Å². The van der Waals surface area contributed by atoms with Gasteiger partial charge in [0.1, 0.15) is 5.75 Å². The number of benzene rings is 2. The zero-order valence-corrected chi connectivity index (χ0v) is 11.5. The second-order valence-corrected chi connectivity index (χ2v) is 4.82. The van der Waals surface area contributed by atoms with Crippen molar-refractivity contribution in [2.45, 2.75) is 0 Å². The van der Waals surface area contributed by atoms with Crippen LogP contribution < -0.4 is 4.74 Å². The van der Waals surface area contributed by atoms with E-state index in [1.165, 1.54) is 0 Å². The van der Waals surface area contributed by atoms with Crippen LogP contribution in [0.4, 0.5) is 0 Å². The summed E-state index contributed by atoms with van der Waals surface area (Å²) in [7, 11) is 0. The van der Waals surface area contributed by atoms with E-state index < -0.39 is 5.97 Å². The van der Waals surface area contributed by atoms with Gasteiger partial charge in [-0.1, -0.05) is 17.7 Å². The van der Waals surface area contributed by atoms with Gasteiger partial charge in [-0.2, -0.15) is 0 Å². The quantitative estimate of drug-likeness (QED) is 0.779. The summed E-state index contributed by atoms with van der Waals surface area (Å²) < 4.78 is 5.62. The van der Waals surface area contributed by atoms with Crippen molar-refractivity contribution in [3.8, 4) is 11.6 Å². The molecule has 3 rings (SSSR count). The van der Waals surface area contributed by atoms with Gasteiger partial charge in [0, 0.05) is 16.5 Å². The topological polar surface area (TPSA) is 59.4 Å². The number of ether oxygens (including phenoxy) is 1. The molecule has 0 saturated heterocycles. The summed E-state index contributed by atoms with van der Waals surface area (Å²) in [6.45, 7) is 0. The molecule has 0 fully saturated rings. The number of rotatable bonds is 3. The smallest absolute Gasteiger partial charge is 0.336 e. The van der Waals surface area contributed by atoms with Crippen molar-refractivity contribution in [1.82, 2.24) is 4.98 Å². The van der Waals surface area contributed by atoms with E-state index in [4.69, 9.17) is 21.4 Å². The van der Waals surface area contributed by atoms with Crippen molar-refractivity contribution in [2.24, 2.45) is 0 Å². The second kappa shape index (κ2) is 5.42. The number of carboxylic acids is 1. The first kappa shape index (κ1) is 13.4. The summed E-state index contributed by atoms with van der Waals surface area (Å²) in [5, 5.41) is 10.3. The lowest BCUT2D eigenvalue weighted by Gasteiger charge is -2.07. The molecule has 3 aromatic rings. The highest BCUT2D eigenvalue weighted by molar-refractivity contribution is 6.30. The number of fused-ring (bicyclic) bond motifs is 1. The van der Waals surface area contributed by atoms with Gasteiger partial charge in [-0.15, -0.1) is 0 Å². The molecule has 5 heteroatoms. The van der Waals surface area contributed by atoms with Crippen molar-refractivity contribution < 1.29 is 14.6 Å². The first-order chi connectivity index (χ1) is 10.1. The summed E-state index contributed by atoms with van der Waals surface area (Å²) in [6.07, 6.45) is 0. The lowest BCUT2D eigenvalue weighted by molar-refractivity contribution is 0.0699. The van der Waals surface area contributed by atoms with Crippen molar-refractivity contribution in [3.05, 3.63) is 65.2 Å². The minimum atomic E-state index is -0.978. The summed E-state index contributed by atoms with van der Waals surface area (Å²) >= 11 is 5.81. The normalized spacial score (nSPS) is 10.5. The van der Waals surface area contributed by atoms with E-state index in [9.17, 15) is 4.79 Å². The Labute approximate surface area is 125 Å². The summed E-state index contributed by atoms with van der Waals surface area (Å²) in [4.78, 5) is 15.5. The van der Waals surface area contributed by atoms with Crippen molar-refractivity contribution in [1.29, 1.82) is 0 Å². The monoisotopic (exact) mass is 299 g/mol. The number of hydrogen-bond acceptors (Lipinski definition) is 3. The molecule has 0 aliphatic heterocycles. The molecule has 1 heterocycles. The SMILES string of the molecule is O=C(O)c1cccc2nc(Oc3ccc(Cl)cc3)ccc12. The van der Waals surface area contributed by atoms with Crippen LogP contribution in [-0.2, 0) is 0 Å². The fourth-order valence-corrected chi connectivity index (χ4v) is 2.13. The predicted molar refractivity (Wildman–Crippen MR) is 80.2 cm³/mol. The number of halogens is 1. The maximum Gasteiger partial charge on any atom is 0.336 e. The van der Waals surface area contributed by atoms with Gasteiger partial charge in [-0.3, -0.25) is 0 Å². The maximum absolute atomic E-state index is 11.2. The van der Waals surface area contributed by atoms with Gasteiger partial charge in [0.15, 0.2) is 0 Å². The van der Waals surface area contributed by atoms with E-state index in [2.05, 4.69) is 4.98 Å². The van der Waals surface area contributed by atoms with Crippen LogP contribution in [0.15, 0.2) is 54.6 Å². The minimum Gasteiger partial charge on any atom is -0.478 e. The zero-order valence-electron chi connectivity index (χ0n) is 10.8. The molecular weight excluding hydrogens is 290 g/mol. The second-order valence-electron chi connectivity index (χ2n) is 4.38. The zero-order chi connectivity index (χ0) is 14.8. The Morgan fingerprint density at radius 1 is 1.05 bits per heavy atom. The highest BCUT2D eigenvalue weighted by Gasteiger charge is 2.09. The Morgan fingerprint density at radius 2 is 1.81 bits per heavy atom. The number of aromatic nitrogens is 1. The largest absolute Gasteiger partial charge is 0.478 e. The number of hydrogen-bond donors (Lipinski definition) is 1. The molecule has 0 radical (unpaired) electrons. The molecule has 0 aliphatic rings. The molecule has 1 aromatic heterocycles. The van der Waals surface area contributed by atoms with Crippen LogP contribution in [0.1, 0.15) is 10.4 Å². The van der Waals surface area contributed by atoms with Gasteiger partial charge in [-0.05, 0) is 42.5 Å². The molecule has 1 N–H and O–H groups in total. The van der Waals surface area contributed by atoms with E-state index in [0.717, 1.165) is 0 Å². The lowest BCUT2D eigenvalue weighted by Crippen LogP contribution is -1.98. The third kappa shape index (κ3) is 2.80. The van der Waals surface area contributed by atoms with Crippen molar-refractivity contribution in [2.75, 3.05) is 0 Å². The van der Waals surface area contributed by atoms with Crippen molar-refractivity contribution >= 4 is 28.5 Å². The maximum atomic E-state index is 11.2. The first-order valence-electron chi connectivity index (χ1n) is 6.20. The molecular formula is C16H10ClNO3. The molecule has 21 heavy (non-hydrogen) atoms.